The van der Waals surface area contributed by atoms with Gasteiger partial charge in [-0.1, -0.05) is 6.58 Å². The van der Waals surface area contributed by atoms with Gasteiger partial charge in [0.1, 0.15) is 5.50 Å². The standard InChI is InChI=1S/C4H8ClN/c1-3(2)4(5)6/h4H,1,6H2,2H3. The Hall–Kier alpha value is -0.0100. The van der Waals surface area contributed by atoms with Gasteiger partial charge in [0.15, 0.2) is 0 Å². The van der Waals surface area contributed by atoms with Gasteiger partial charge in [0.25, 0.3) is 0 Å². The molecule has 0 saturated heterocycles. The summed E-state index contributed by atoms with van der Waals surface area (Å²) in [5.74, 6) is 0. The van der Waals surface area contributed by atoms with Crippen LogP contribution in [-0.4, -0.2) is 5.50 Å². The molecular weight excluding hydrogens is 97.5 g/mol. The summed E-state index contributed by atoms with van der Waals surface area (Å²) in [7, 11) is 0. The molecule has 0 aromatic rings. The molecule has 0 aromatic heterocycles. The van der Waals surface area contributed by atoms with Crippen LogP contribution < -0.4 is 5.73 Å². The second-order valence-corrected chi connectivity index (χ2v) is 1.72. The van der Waals surface area contributed by atoms with Crippen LogP contribution in [0.1, 0.15) is 6.92 Å². The molecule has 0 fully saturated rings. The zero-order valence-corrected chi connectivity index (χ0v) is 4.50. The van der Waals surface area contributed by atoms with Gasteiger partial charge in [-0.05, 0) is 12.5 Å². The minimum absolute atomic E-state index is 0.370. The van der Waals surface area contributed by atoms with E-state index >= 15 is 0 Å². The van der Waals surface area contributed by atoms with Crippen LogP contribution in [0.2, 0.25) is 0 Å². The number of hydrogen-bond donors (Lipinski definition) is 1. The Morgan fingerprint density at radius 1 is 2.00 bits per heavy atom. The molecule has 0 radical (unpaired) electrons. The fourth-order valence-electron chi connectivity index (χ4n) is 0. The highest BCUT2D eigenvalue weighted by Crippen LogP contribution is 1.96. The van der Waals surface area contributed by atoms with E-state index in [2.05, 4.69) is 6.58 Å². The summed E-state index contributed by atoms with van der Waals surface area (Å²) in [4.78, 5) is 0. The van der Waals surface area contributed by atoms with Crippen LogP contribution in [-0.2, 0) is 0 Å². The van der Waals surface area contributed by atoms with Gasteiger partial charge in [-0.25, -0.2) is 0 Å². The highest BCUT2D eigenvalue weighted by atomic mass is 35.5. The summed E-state index contributed by atoms with van der Waals surface area (Å²) in [6.45, 7) is 5.29. The van der Waals surface area contributed by atoms with Gasteiger partial charge < -0.3 is 5.73 Å². The topological polar surface area (TPSA) is 26.0 Å². The van der Waals surface area contributed by atoms with E-state index in [4.69, 9.17) is 17.3 Å². The molecule has 0 aliphatic rings. The largest absolute Gasteiger partial charge is 0.312 e. The zero-order valence-electron chi connectivity index (χ0n) is 3.74. The molecule has 0 spiro atoms. The predicted octanol–water partition coefficient (Wildman–Crippen LogP) is 1.09. The second-order valence-electron chi connectivity index (χ2n) is 1.25. The zero-order chi connectivity index (χ0) is 5.15. The molecule has 0 bridgehead atoms. The van der Waals surface area contributed by atoms with Gasteiger partial charge in [-0.15, -0.1) is 11.6 Å². The predicted molar refractivity (Wildman–Crippen MR) is 28.6 cm³/mol. The summed E-state index contributed by atoms with van der Waals surface area (Å²) in [5.41, 5.74) is 5.53. The van der Waals surface area contributed by atoms with Crippen LogP contribution >= 0.6 is 11.6 Å². The molecule has 1 unspecified atom stereocenters. The van der Waals surface area contributed by atoms with Crippen molar-refractivity contribution in [3.8, 4) is 0 Å². The maximum absolute atomic E-state index is 5.29. The van der Waals surface area contributed by atoms with Crippen molar-refractivity contribution >= 4 is 11.6 Å². The van der Waals surface area contributed by atoms with E-state index in [1.807, 2.05) is 0 Å². The lowest BCUT2D eigenvalue weighted by atomic mass is 10.4. The molecule has 0 amide bonds. The third kappa shape index (κ3) is 2.24. The Kier molecular flexibility index (Phi) is 2.21. The lowest BCUT2D eigenvalue weighted by Gasteiger charge is -1.95. The monoisotopic (exact) mass is 105 g/mol. The highest BCUT2D eigenvalue weighted by Gasteiger charge is 1.90. The molecule has 0 heterocycles. The normalized spacial score (nSPS) is 13.8. The van der Waals surface area contributed by atoms with E-state index in [9.17, 15) is 0 Å². The number of nitrogens with two attached hydrogens (primary N) is 1. The molecule has 6 heavy (non-hydrogen) atoms. The van der Waals surface area contributed by atoms with E-state index in [0.717, 1.165) is 5.57 Å². The maximum Gasteiger partial charge on any atom is 0.101 e. The fourth-order valence-corrected chi connectivity index (χ4v) is 0. The number of halogens is 1. The molecule has 0 aromatic carbocycles. The van der Waals surface area contributed by atoms with Crippen LogP contribution in [0, 0.1) is 0 Å². The summed E-state index contributed by atoms with van der Waals surface area (Å²) >= 11 is 5.29. The van der Waals surface area contributed by atoms with Gasteiger partial charge in [0.2, 0.25) is 0 Å². The van der Waals surface area contributed by atoms with Crippen molar-refractivity contribution in [2.75, 3.05) is 0 Å². The van der Waals surface area contributed by atoms with Crippen molar-refractivity contribution in [3.63, 3.8) is 0 Å². The number of hydrogen-bond acceptors (Lipinski definition) is 1. The molecular formula is C4H8ClN. The Morgan fingerprint density at radius 2 is 2.17 bits per heavy atom. The molecule has 0 aliphatic carbocycles. The fraction of sp³-hybridized carbons (Fsp3) is 0.500. The summed E-state index contributed by atoms with van der Waals surface area (Å²) < 4.78 is 0. The van der Waals surface area contributed by atoms with E-state index in [1.165, 1.54) is 0 Å². The molecule has 36 valence electrons. The van der Waals surface area contributed by atoms with Crippen LogP contribution in [0.5, 0.6) is 0 Å². The summed E-state index contributed by atoms with van der Waals surface area (Å²) in [6, 6.07) is 0. The first kappa shape index (κ1) is 5.99. The molecule has 0 aliphatic heterocycles. The molecule has 1 atom stereocenters. The van der Waals surface area contributed by atoms with Crippen molar-refractivity contribution in [3.05, 3.63) is 12.2 Å². The van der Waals surface area contributed by atoms with E-state index in [1.54, 1.807) is 6.92 Å². The van der Waals surface area contributed by atoms with Crippen molar-refractivity contribution in [2.24, 2.45) is 5.73 Å². The molecule has 2 N–H and O–H groups in total. The second kappa shape index (κ2) is 2.21. The van der Waals surface area contributed by atoms with Crippen molar-refractivity contribution in [1.82, 2.24) is 0 Å². The third-order valence-electron chi connectivity index (χ3n) is 0.471. The average molecular weight is 106 g/mol. The van der Waals surface area contributed by atoms with Crippen molar-refractivity contribution in [2.45, 2.75) is 12.4 Å². The van der Waals surface area contributed by atoms with E-state index in [0.29, 0.717) is 0 Å². The highest BCUT2D eigenvalue weighted by molar-refractivity contribution is 6.21. The van der Waals surface area contributed by atoms with Gasteiger partial charge in [-0.3, -0.25) is 0 Å². The smallest absolute Gasteiger partial charge is 0.101 e. The quantitative estimate of drug-likeness (QED) is 0.302. The van der Waals surface area contributed by atoms with Gasteiger partial charge in [0.05, 0.1) is 0 Å². The first-order valence-corrected chi connectivity index (χ1v) is 2.13. The Labute approximate surface area is 42.8 Å². The lowest BCUT2D eigenvalue weighted by Crippen LogP contribution is -2.11. The van der Waals surface area contributed by atoms with Crippen molar-refractivity contribution in [1.29, 1.82) is 0 Å². The van der Waals surface area contributed by atoms with E-state index in [-0.39, 0.29) is 5.50 Å². The van der Waals surface area contributed by atoms with Gasteiger partial charge in [-0.2, -0.15) is 0 Å². The molecule has 0 rings (SSSR count). The van der Waals surface area contributed by atoms with Crippen LogP contribution in [0.4, 0.5) is 0 Å². The SMILES string of the molecule is C=C(C)C(N)Cl. The Morgan fingerprint density at radius 3 is 2.17 bits per heavy atom. The summed E-state index contributed by atoms with van der Waals surface area (Å²) in [6.07, 6.45) is 0. The molecule has 1 nitrogen and oxygen atoms in total. The van der Waals surface area contributed by atoms with Crippen LogP contribution in [0.3, 0.4) is 0 Å². The first-order chi connectivity index (χ1) is 2.64. The molecule has 2 heteroatoms. The van der Waals surface area contributed by atoms with Gasteiger partial charge >= 0.3 is 0 Å². The number of alkyl halides is 1. The summed E-state index contributed by atoms with van der Waals surface area (Å²) in [5, 5.41) is 0. The first-order valence-electron chi connectivity index (χ1n) is 1.69. The lowest BCUT2D eigenvalue weighted by molar-refractivity contribution is 1.06. The minimum atomic E-state index is -0.370. The average Bonchev–Trinajstić information content (AvgIpc) is 1.36. The Bertz CT molecular complexity index is 58.6. The third-order valence-corrected chi connectivity index (χ3v) is 0.843. The van der Waals surface area contributed by atoms with Crippen molar-refractivity contribution < 1.29 is 0 Å². The molecule has 0 saturated carbocycles. The van der Waals surface area contributed by atoms with E-state index < -0.39 is 0 Å². The van der Waals surface area contributed by atoms with Gasteiger partial charge in [0, 0.05) is 0 Å². The Balaban J connectivity index is 3.26. The van der Waals surface area contributed by atoms with Crippen LogP contribution in [0.15, 0.2) is 12.2 Å². The van der Waals surface area contributed by atoms with Crippen LogP contribution in [0.25, 0.3) is 0 Å². The number of rotatable bonds is 1. The maximum atomic E-state index is 5.29. The minimum Gasteiger partial charge on any atom is -0.312 e.